The van der Waals surface area contributed by atoms with E-state index in [1.165, 1.54) is 0 Å². The summed E-state index contributed by atoms with van der Waals surface area (Å²) < 4.78 is 21.8. The first-order chi connectivity index (χ1) is 14.0. The summed E-state index contributed by atoms with van der Waals surface area (Å²) in [6.07, 6.45) is -0.0936. The molecule has 3 aromatic rings. The van der Waals surface area contributed by atoms with Gasteiger partial charge in [-0.2, -0.15) is 0 Å². The Morgan fingerprint density at radius 3 is 2.59 bits per heavy atom. The van der Waals surface area contributed by atoms with E-state index in [-0.39, 0.29) is 12.3 Å². The van der Waals surface area contributed by atoms with Crippen LogP contribution in [0.1, 0.15) is 16.7 Å². The second kappa shape index (κ2) is 7.50. The molecule has 4 rings (SSSR count). The molecular formula is C22H21NO6. The van der Waals surface area contributed by atoms with Crippen LogP contribution in [0.4, 0.5) is 5.69 Å². The molecule has 0 unspecified atom stereocenters. The minimum Gasteiger partial charge on any atom is -0.496 e. The molecule has 0 fully saturated rings. The molecule has 7 heteroatoms. The Kier molecular flexibility index (Phi) is 4.88. The summed E-state index contributed by atoms with van der Waals surface area (Å²) in [5, 5.41) is 3.58. The Morgan fingerprint density at radius 1 is 1.07 bits per heavy atom. The number of anilines is 1. The van der Waals surface area contributed by atoms with Crippen LogP contribution in [0, 0.1) is 13.8 Å². The van der Waals surface area contributed by atoms with Gasteiger partial charge >= 0.3 is 5.63 Å². The Morgan fingerprint density at radius 2 is 1.83 bits per heavy atom. The van der Waals surface area contributed by atoms with Crippen molar-refractivity contribution in [2.45, 2.75) is 20.3 Å². The summed E-state index contributed by atoms with van der Waals surface area (Å²) in [6, 6.07) is 8.84. The summed E-state index contributed by atoms with van der Waals surface area (Å²) >= 11 is 0. The summed E-state index contributed by atoms with van der Waals surface area (Å²) in [6.45, 7) is 4.61. The Balaban J connectivity index is 1.60. The lowest BCUT2D eigenvalue weighted by atomic mass is 10.0. The predicted molar refractivity (Wildman–Crippen MR) is 108 cm³/mol. The van der Waals surface area contributed by atoms with Crippen LogP contribution in [0.2, 0.25) is 0 Å². The molecule has 1 amide bonds. The second-order valence-corrected chi connectivity index (χ2v) is 6.85. The van der Waals surface area contributed by atoms with Crippen LogP contribution < -0.4 is 25.2 Å². The number of amides is 1. The van der Waals surface area contributed by atoms with Gasteiger partial charge in [0.25, 0.3) is 0 Å². The van der Waals surface area contributed by atoms with E-state index >= 15 is 0 Å². The molecular weight excluding hydrogens is 374 g/mol. The van der Waals surface area contributed by atoms with Gasteiger partial charge in [-0.05, 0) is 43.7 Å². The fraction of sp³-hybridized carbons (Fsp3) is 0.273. The molecule has 1 aliphatic rings. The number of hydrogen-bond donors (Lipinski definition) is 1. The maximum Gasteiger partial charge on any atom is 0.340 e. The van der Waals surface area contributed by atoms with Gasteiger partial charge in [0, 0.05) is 22.7 Å². The van der Waals surface area contributed by atoms with Crippen molar-refractivity contribution in [3.05, 3.63) is 57.4 Å². The van der Waals surface area contributed by atoms with E-state index in [0.29, 0.717) is 47.3 Å². The highest BCUT2D eigenvalue weighted by Gasteiger charge is 2.18. The predicted octanol–water partition coefficient (Wildman–Crippen LogP) is 3.37. The molecule has 0 saturated carbocycles. The zero-order valence-electron chi connectivity index (χ0n) is 16.5. The number of carbonyl (C=O) groups excluding carboxylic acids is 1. The topological polar surface area (TPSA) is 87.0 Å². The first-order valence-corrected chi connectivity index (χ1v) is 9.27. The molecule has 150 valence electrons. The van der Waals surface area contributed by atoms with Crippen molar-refractivity contribution in [2.75, 3.05) is 25.6 Å². The van der Waals surface area contributed by atoms with Crippen LogP contribution >= 0.6 is 0 Å². The summed E-state index contributed by atoms with van der Waals surface area (Å²) in [4.78, 5) is 25.1. The molecule has 2 heterocycles. The van der Waals surface area contributed by atoms with Gasteiger partial charge in [-0.1, -0.05) is 0 Å². The first kappa shape index (κ1) is 18.9. The smallest absolute Gasteiger partial charge is 0.340 e. The summed E-state index contributed by atoms with van der Waals surface area (Å²) in [5.74, 6) is 1.55. The second-order valence-electron chi connectivity index (χ2n) is 6.85. The molecule has 1 aliphatic heterocycles. The highest BCUT2D eigenvalue weighted by atomic mass is 16.6. The standard InChI is InChI=1S/C22H21NO6/c1-12-15-5-7-17(26-3)13(2)21(15)29-22(25)16(12)11-20(24)23-14-4-6-18-19(10-14)28-9-8-27-18/h4-7,10H,8-9,11H2,1-3H3,(H,23,24). The number of hydrogen-bond acceptors (Lipinski definition) is 6. The Hall–Kier alpha value is -3.48. The molecule has 0 spiro atoms. The van der Waals surface area contributed by atoms with Crippen molar-refractivity contribution < 1.29 is 23.4 Å². The van der Waals surface area contributed by atoms with Crippen molar-refractivity contribution in [3.8, 4) is 17.2 Å². The van der Waals surface area contributed by atoms with Crippen molar-refractivity contribution in [3.63, 3.8) is 0 Å². The van der Waals surface area contributed by atoms with Crippen LogP contribution in [0.5, 0.6) is 17.2 Å². The lowest BCUT2D eigenvalue weighted by Crippen LogP contribution is -2.21. The molecule has 0 aliphatic carbocycles. The number of methoxy groups -OCH3 is 1. The van der Waals surface area contributed by atoms with E-state index in [9.17, 15) is 9.59 Å². The molecule has 0 bridgehead atoms. The first-order valence-electron chi connectivity index (χ1n) is 9.27. The average Bonchev–Trinajstić information content (AvgIpc) is 2.72. The van der Waals surface area contributed by atoms with Crippen LogP contribution in [0.25, 0.3) is 11.0 Å². The minimum atomic E-state index is -0.524. The maximum atomic E-state index is 12.6. The fourth-order valence-electron chi connectivity index (χ4n) is 3.48. The third-order valence-corrected chi connectivity index (χ3v) is 5.04. The lowest BCUT2D eigenvalue weighted by molar-refractivity contribution is -0.115. The van der Waals surface area contributed by atoms with E-state index in [4.69, 9.17) is 18.6 Å². The zero-order valence-corrected chi connectivity index (χ0v) is 16.5. The van der Waals surface area contributed by atoms with Gasteiger partial charge in [-0.15, -0.1) is 0 Å². The number of carbonyl (C=O) groups is 1. The number of rotatable bonds is 4. The number of ether oxygens (including phenoxy) is 3. The van der Waals surface area contributed by atoms with Crippen LogP contribution in [-0.2, 0) is 11.2 Å². The molecule has 0 saturated heterocycles. The number of aryl methyl sites for hydroxylation is 2. The molecule has 7 nitrogen and oxygen atoms in total. The summed E-state index contributed by atoms with van der Waals surface area (Å²) in [5.41, 5.74) is 2.32. The number of fused-ring (bicyclic) bond motifs is 2. The normalized spacial score (nSPS) is 12.7. The van der Waals surface area contributed by atoms with Gasteiger partial charge in [0.2, 0.25) is 5.91 Å². The quantitative estimate of drug-likeness (QED) is 0.682. The van der Waals surface area contributed by atoms with Crippen molar-refractivity contribution in [1.29, 1.82) is 0 Å². The number of benzene rings is 2. The van der Waals surface area contributed by atoms with Gasteiger partial charge < -0.3 is 23.9 Å². The highest BCUT2D eigenvalue weighted by molar-refractivity contribution is 5.94. The zero-order chi connectivity index (χ0) is 20.5. The van der Waals surface area contributed by atoms with Gasteiger partial charge in [0.05, 0.1) is 19.1 Å². The van der Waals surface area contributed by atoms with Gasteiger partial charge in [-0.3, -0.25) is 4.79 Å². The fourth-order valence-corrected chi connectivity index (χ4v) is 3.48. The van der Waals surface area contributed by atoms with E-state index in [0.717, 1.165) is 16.5 Å². The lowest BCUT2D eigenvalue weighted by Gasteiger charge is -2.19. The van der Waals surface area contributed by atoms with Gasteiger partial charge in [0.15, 0.2) is 11.5 Å². The maximum absolute atomic E-state index is 12.6. The van der Waals surface area contributed by atoms with Crippen molar-refractivity contribution in [2.24, 2.45) is 0 Å². The molecule has 1 N–H and O–H groups in total. The van der Waals surface area contributed by atoms with Crippen molar-refractivity contribution in [1.82, 2.24) is 0 Å². The monoisotopic (exact) mass is 395 g/mol. The van der Waals surface area contributed by atoms with Crippen LogP contribution in [0.3, 0.4) is 0 Å². The van der Waals surface area contributed by atoms with E-state index < -0.39 is 5.63 Å². The summed E-state index contributed by atoms with van der Waals surface area (Å²) in [7, 11) is 1.57. The third kappa shape index (κ3) is 3.51. The average molecular weight is 395 g/mol. The molecule has 2 aromatic carbocycles. The van der Waals surface area contributed by atoms with E-state index in [1.807, 2.05) is 26.0 Å². The van der Waals surface area contributed by atoms with Gasteiger partial charge in [0.1, 0.15) is 24.5 Å². The molecule has 0 atom stereocenters. The molecule has 0 radical (unpaired) electrons. The highest BCUT2D eigenvalue weighted by Crippen LogP contribution is 2.33. The molecule has 29 heavy (non-hydrogen) atoms. The van der Waals surface area contributed by atoms with Crippen molar-refractivity contribution >= 4 is 22.6 Å². The number of nitrogens with one attached hydrogen (secondary N) is 1. The van der Waals surface area contributed by atoms with Crippen LogP contribution in [0.15, 0.2) is 39.5 Å². The third-order valence-electron chi connectivity index (χ3n) is 5.04. The Labute approximate surface area is 167 Å². The molecule has 1 aromatic heterocycles. The largest absolute Gasteiger partial charge is 0.496 e. The SMILES string of the molecule is COc1ccc2c(C)c(CC(=O)Nc3ccc4c(c3)OCCO4)c(=O)oc2c1C. The van der Waals surface area contributed by atoms with E-state index in [2.05, 4.69) is 5.32 Å². The van der Waals surface area contributed by atoms with E-state index in [1.54, 1.807) is 25.3 Å². The Bertz CT molecular complexity index is 1160. The van der Waals surface area contributed by atoms with Gasteiger partial charge in [-0.25, -0.2) is 4.79 Å². The minimum absolute atomic E-state index is 0.0936. The van der Waals surface area contributed by atoms with Crippen LogP contribution in [-0.4, -0.2) is 26.2 Å².